The standard InChI is InChI=1S/C22H34N2OS2/c1-5-22(12-7-6-10-21-11-8-9-18(2)15-21)24(20(4)25)13-14-26-17-27-16-19(3)23/h7-9,11-12,15-16,22H,5-6,10,13-14,17,23H2,1-4H3/b12-7+,19-16-. The predicted molar refractivity (Wildman–Crippen MR) is 123 cm³/mol. The van der Waals surface area contributed by atoms with E-state index in [1.165, 1.54) is 11.1 Å². The summed E-state index contributed by atoms with van der Waals surface area (Å²) in [5.74, 6) is 1.09. The van der Waals surface area contributed by atoms with E-state index in [0.717, 1.165) is 42.3 Å². The monoisotopic (exact) mass is 406 g/mol. The summed E-state index contributed by atoms with van der Waals surface area (Å²) in [6, 6.07) is 8.84. The normalized spacial score (nSPS) is 13.1. The molecule has 150 valence electrons. The van der Waals surface area contributed by atoms with Crippen molar-refractivity contribution >= 4 is 29.4 Å². The van der Waals surface area contributed by atoms with Gasteiger partial charge in [-0.25, -0.2) is 0 Å². The third-order valence-electron chi connectivity index (χ3n) is 4.16. The molecule has 0 spiro atoms. The van der Waals surface area contributed by atoms with Crippen LogP contribution in [0.2, 0.25) is 0 Å². The fraction of sp³-hybridized carbons (Fsp3) is 0.500. The zero-order valence-electron chi connectivity index (χ0n) is 17.1. The van der Waals surface area contributed by atoms with Crippen LogP contribution in [0, 0.1) is 6.92 Å². The van der Waals surface area contributed by atoms with Gasteiger partial charge in [-0.05, 0) is 44.1 Å². The second-order valence-corrected chi connectivity index (χ2v) is 9.03. The summed E-state index contributed by atoms with van der Waals surface area (Å²) in [5.41, 5.74) is 9.14. The van der Waals surface area contributed by atoms with E-state index in [9.17, 15) is 4.79 Å². The third kappa shape index (κ3) is 10.5. The Morgan fingerprint density at radius 3 is 2.74 bits per heavy atom. The first-order valence-electron chi connectivity index (χ1n) is 9.55. The van der Waals surface area contributed by atoms with Crippen molar-refractivity contribution < 1.29 is 4.79 Å². The number of aryl methyl sites for hydroxylation is 2. The van der Waals surface area contributed by atoms with E-state index in [0.29, 0.717) is 0 Å². The van der Waals surface area contributed by atoms with Gasteiger partial charge in [-0.1, -0.05) is 48.9 Å². The van der Waals surface area contributed by atoms with Gasteiger partial charge >= 0.3 is 0 Å². The van der Waals surface area contributed by atoms with Crippen molar-refractivity contribution in [1.29, 1.82) is 0 Å². The molecule has 0 aliphatic carbocycles. The Labute approximate surface area is 173 Å². The summed E-state index contributed by atoms with van der Waals surface area (Å²) >= 11 is 3.55. The molecule has 1 rings (SSSR count). The minimum absolute atomic E-state index is 0.149. The van der Waals surface area contributed by atoms with Crippen LogP contribution < -0.4 is 5.73 Å². The van der Waals surface area contributed by atoms with Crippen molar-refractivity contribution in [2.24, 2.45) is 5.73 Å². The molecule has 0 bridgehead atoms. The van der Waals surface area contributed by atoms with Gasteiger partial charge in [0.05, 0.1) is 0 Å². The van der Waals surface area contributed by atoms with Gasteiger partial charge in [0.1, 0.15) is 0 Å². The second-order valence-electron chi connectivity index (χ2n) is 6.70. The van der Waals surface area contributed by atoms with Crippen molar-refractivity contribution in [2.45, 2.75) is 53.0 Å². The molecule has 0 saturated carbocycles. The number of nitrogens with zero attached hydrogens (tertiary/aromatic N) is 1. The van der Waals surface area contributed by atoms with E-state index in [1.54, 1.807) is 18.7 Å². The first-order chi connectivity index (χ1) is 12.9. The first-order valence-corrected chi connectivity index (χ1v) is 11.7. The summed E-state index contributed by atoms with van der Waals surface area (Å²) in [7, 11) is 0. The number of nitrogens with two attached hydrogens (primary N) is 1. The zero-order valence-corrected chi connectivity index (χ0v) is 18.7. The van der Waals surface area contributed by atoms with E-state index >= 15 is 0 Å². The van der Waals surface area contributed by atoms with Crippen LogP contribution in [-0.4, -0.2) is 34.2 Å². The van der Waals surface area contributed by atoms with Gasteiger partial charge in [0, 0.05) is 36.0 Å². The molecule has 0 saturated heterocycles. The highest BCUT2D eigenvalue weighted by Crippen LogP contribution is 2.16. The number of carbonyl (C=O) groups is 1. The van der Waals surface area contributed by atoms with E-state index in [2.05, 4.69) is 50.3 Å². The Bertz CT molecular complexity index is 624. The van der Waals surface area contributed by atoms with Crippen molar-refractivity contribution in [3.63, 3.8) is 0 Å². The van der Waals surface area contributed by atoms with Crippen molar-refractivity contribution in [3.8, 4) is 0 Å². The number of rotatable bonds is 12. The molecule has 3 nitrogen and oxygen atoms in total. The van der Waals surface area contributed by atoms with E-state index < -0.39 is 0 Å². The van der Waals surface area contributed by atoms with Gasteiger partial charge in [0.25, 0.3) is 0 Å². The molecule has 2 N–H and O–H groups in total. The number of thioether (sulfide) groups is 2. The molecule has 27 heavy (non-hydrogen) atoms. The van der Waals surface area contributed by atoms with Gasteiger partial charge in [-0.15, -0.1) is 23.5 Å². The molecule has 1 aromatic carbocycles. The summed E-state index contributed by atoms with van der Waals surface area (Å²) in [5, 5.41) is 2.94. The molecule has 1 unspecified atom stereocenters. The zero-order chi connectivity index (χ0) is 20.1. The minimum Gasteiger partial charge on any atom is -0.402 e. The average molecular weight is 407 g/mol. The summed E-state index contributed by atoms with van der Waals surface area (Å²) in [4.78, 5) is 14.1. The summed E-state index contributed by atoms with van der Waals surface area (Å²) in [6.07, 6.45) is 7.41. The molecule has 0 aromatic heterocycles. The molecule has 5 heteroatoms. The highest BCUT2D eigenvalue weighted by atomic mass is 32.2. The Kier molecular flexibility index (Phi) is 12.1. The second kappa shape index (κ2) is 13.8. The molecule has 0 aliphatic rings. The summed E-state index contributed by atoms with van der Waals surface area (Å²) in [6.45, 7) is 8.62. The maximum absolute atomic E-state index is 12.1. The molecule has 0 radical (unpaired) electrons. The maximum Gasteiger partial charge on any atom is 0.219 e. The molecular weight excluding hydrogens is 372 g/mol. The van der Waals surface area contributed by atoms with Crippen LogP contribution in [0.15, 0.2) is 47.5 Å². The minimum atomic E-state index is 0.149. The largest absolute Gasteiger partial charge is 0.402 e. The first kappa shape index (κ1) is 23.7. The van der Waals surface area contributed by atoms with Crippen LogP contribution >= 0.6 is 23.5 Å². The van der Waals surface area contributed by atoms with Crippen molar-refractivity contribution in [1.82, 2.24) is 4.90 Å². The van der Waals surface area contributed by atoms with Crippen LogP contribution in [0.4, 0.5) is 0 Å². The predicted octanol–water partition coefficient (Wildman–Crippen LogP) is 5.35. The highest BCUT2D eigenvalue weighted by Gasteiger charge is 2.16. The van der Waals surface area contributed by atoms with Gasteiger partial charge in [-0.3, -0.25) is 4.79 Å². The van der Waals surface area contributed by atoms with Crippen molar-refractivity contribution in [2.75, 3.05) is 17.4 Å². The highest BCUT2D eigenvalue weighted by molar-refractivity contribution is 8.17. The number of carbonyl (C=O) groups excluding carboxylic acids is 1. The Morgan fingerprint density at radius 2 is 2.11 bits per heavy atom. The SMILES string of the molecule is CCC(/C=C/CCc1cccc(C)c1)N(CCSCS/C=C(/C)N)C(C)=O. The Balaban J connectivity index is 2.45. The molecule has 1 atom stereocenters. The lowest BCUT2D eigenvalue weighted by Gasteiger charge is -2.28. The fourth-order valence-corrected chi connectivity index (χ4v) is 4.54. The van der Waals surface area contributed by atoms with E-state index in [1.807, 2.05) is 29.0 Å². The van der Waals surface area contributed by atoms with Gasteiger partial charge < -0.3 is 10.6 Å². The molecule has 0 fully saturated rings. The summed E-state index contributed by atoms with van der Waals surface area (Å²) < 4.78 is 0. The lowest BCUT2D eigenvalue weighted by molar-refractivity contribution is -0.130. The molecule has 1 aromatic rings. The number of benzene rings is 1. The number of allylic oxidation sites excluding steroid dienone is 2. The molecule has 0 heterocycles. The van der Waals surface area contributed by atoms with Crippen LogP contribution in [0.3, 0.4) is 0 Å². The average Bonchev–Trinajstić information content (AvgIpc) is 2.61. The van der Waals surface area contributed by atoms with Gasteiger partial charge in [0.2, 0.25) is 5.91 Å². The topological polar surface area (TPSA) is 46.3 Å². The third-order valence-corrected chi connectivity index (χ3v) is 6.38. The van der Waals surface area contributed by atoms with Crippen LogP contribution in [-0.2, 0) is 11.2 Å². The molecule has 1 amide bonds. The Hall–Kier alpha value is -1.33. The fourth-order valence-electron chi connectivity index (χ4n) is 2.82. The molecular formula is C22H34N2OS2. The van der Waals surface area contributed by atoms with Crippen LogP contribution in [0.1, 0.15) is 44.7 Å². The van der Waals surface area contributed by atoms with E-state index in [-0.39, 0.29) is 11.9 Å². The van der Waals surface area contributed by atoms with Gasteiger partial charge in [0.15, 0.2) is 0 Å². The number of hydrogen-bond acceptors (Lipinski definition) is 4. The maximum atomic E-state index is 12.1. The van der Waals surface area contributed by atoms with Crippen molar-refractivity contribution in [3.05, 3.63) is 58.6 Å². The van der Waals surface area contributed by atoms with Gasteiger partial charge in [-0.2, -0.15) is 0 Å². The van der Waals surface area contributed by atoms with Crippen LogP contribution in [0.5, 0.6) is 0 Å². The molecule has 0 aliphatic heterocycles. The van der Waals surface area contributed by atoms with Crippen LogP contribution in [0.25, 0.3) is 0 Å². The Morgan fingerprint density at radius 1 is 1.33 bits per heavy atom. The number of amides is 1. The lowest BCUT2D eigenvalue weighted by atomic mass is 10.1. The lowest BCUT2D eigenvalue weighted by Crippen LogP contribution is -2.39. The smallest absolute Gasteiger partial charge is 0.219 e. The van der Waals surface area contributed by atoms with E-state index in [4.69, 9.17) is 5.73 Å². The number of hydrogen-bond donors (Lipinski definition) is 1. The quantitative estimate of drug-likeness (QED) is 0.288.